The summed E-state index contributed by atoms with van der Waals surface area (Å²) in [5.41, 5.74) is 5.97. The first-order chi connectivity index (χ1) is 7.49. The molecular weight excluding hydrogens is 276 g/mol. The van der Waals surface area contributed by atoms with Crippen molar-refractivity contribution in [3.63, 3.8) is 0 Å². The first-order valence-electron chi connectivity index (χ1n) is 4.53. The Hall–Kier alpha value is -1.40. The molecule has 0 radical (unpaired) electrons. The van der Waals surface area contributed by atoms with Crippen LogP contribution in [0.3, 0.4) is 0 Å². The van der Waals surface area contributed by atoms with Gasteiger partial charge in [-0.15, -0.1) is 0 Å². The van der Waals surface area contributed by atoms with Crippen LogP contribution in [0.2, 0.25) is 0 Å². The Morgan fingerprint density at radius 3 is 2.44 bits per heavy atom. The number of nitrogens with one attached hydrogen (secondary N) is 1. The monoisotopic (exact) mass is 286 g/mol. The molecule has 1 atom stereocenters. The summed E-state index contributed by atoms with van der Waals surface area (Å²) in [6.07, 6.45) is -0.387. The number of amides is 1. The van der Waals surface area contributed by atoms with Crippen molar-refractivity contribution in [1.82, 2.24) is 0 Å². The van der Waals surface area contributed by atoms with E-state index in [1.807, 2.05) is 0 Å². The molecule has 0 spiro atoms. The van der Waals surface area contributed by atoms with E-state index in [-0.39, 0.29) is 6.42 Å². The van der Waals surface area contributed by atoms with Crippen molar-refractivity contribution in [3.05, 3.63) is 28.7 Å². The lowest BCUT2D eigenvalue weighted by atomic mass is 10.2. The van der Waals surface area contributed by atoms with Crippen LogP contribution in [-0.4, -0.2) is 23.0 Å². The number of anilines is 1. The SMILES string of the molecule is NC(CC(=O)O)C(=O)Nc1ccc(Br)cc1. The van der Waals surface area contributed by atoms with Gasteiger partial charge in [-0.2, -0.15) is 0 Å². The maximum absolute atomic E-state index is 11.4. The van der Waals surface area contributed by atoms with Gasteiger partial charge < -0.3 is 16.2 Å². The molecule has 1 aromatic rings. The molecule has 4 N–H and O–H groups in total. The normalized spacial score (nSPS) is 11.9. The zero-order chi connectivity index (χ0) is 12.1. The fraction of sp³-hybridized carbons (Fsp3) is 0.200. The number of carbonyl (C=O) groups is 2. The minimum absolute atomic E-state index is 0.387. The van der Waals surface area contributed by atoms with E-state index in [1.54, 1.807) is 24.3 Å². The van der Waals surface area contributed by atoms with E-state index in [4.69, 9.17) is 10.8 Å². The summed E-state index contributed by atoms with van der Waals surface area (Å²) in [6, 6.07) is 5.86. The van der Waals surface area contributed by atoms with Crippen molar-refractivity contribution in [1.29, 1.82) is 0 Å². The first kappa shape index (κ1) is 12.7. The van der Waals surface area contributed by atoms with Gasteiger partial charge in [-0.25, -0.2) is 0 Å². The van der Waals surface area contributed by atoms with Crippen LogP contribution in [0.25, 0.3) is 0 Å². The van der Waals surface area contributed by atoms with Gasteiger partial charge in [-0.1, -0.05) is 15.9 Å². The highest BCUT2D eigenvalue weighted by molar-refractivity contribution is 9.10. The lowest BCUT2D eigenvalue weighted by Crippen LogP contribution is -2.37. The molecule has 1 rings (SSSR count). The van der Waals surface area contributed by atoms with E-state index in [0.717, 1.165) is 4.47 Å². The Morgan fingerprint density at radius 1 is 1.38 bits per heavy atom. The average molecular weight is 287 g/mol. The lowest BCUT2D eigenvalue weighted by Gasteiger charge is -2.09. The molecular formula is C10H11BrN2O3. The van der Waals surface area contributed by atoms with E-state index in [2.05, 4.69) is 21.2 Å². The number of benzene rings is 1. The van der Waals surface area contributed by atoms with E-state index >= 15 is 0 Å². The van der Waals surface area contributed by atoms with Gasteiger partial charge in [0.25, 0.3) is 0 Å². The third-order valence-electron chi connectivity index (χ3n) is 1.84. The van der Waals surface area contributed by atoms with E-state index in [1.165, 1.54) is 0 Å². The molecule has 0 bridgehead atoms. The number of hydrogen-bond donors (Lipinski definition) is 3. The standard InChI is InChI=1S/C10H11BrN2O3/c11-6-1-3-7(4-2-6)13-10(16)8(12)5-9(14)15/h1-4,8H,5,12H2,(H,13,16)(H,14,15). The van der Waals surface area contributed by atoms with Gasteiger partial charge in [0, 0.05) is 10.2 Å². The summed E-state index contributed by atoms with van der Waals surface area (Å²) in [7, 11) is 0. The molecule has 0 aliphatic heterocycles. The van der Waals surface area contributed by atoms with Crippen molar-refractivity contribution in [2.45, 2.75) is 12.5 Å². The lowest BCUT2D eigenvalue weighted by molar-refractivity contribution is -0.138. The molecule has 0 aliphatic rings. The molecule has 0 heterocycles. The second kappa shape index (κ2) is 5.62. The maximum atomic E-state index is 11.4. The Balaban J connectivity index is 2.57. The van der Waals surface area contributed by atoms with E-state index in [9.17, 15) is 9.59 Å². The summed E-state index contributed by atoms with van der Waals surface area (Å²) >= 11 is 3.26. The highest BCUT2D eigenvalue weighted by atomic mass is 79.9. The summed E-state index contributed by atoms with van der Waals surface area (Å²) in [5, 5.41) is 11.0. The largest absolute Gasteiger partial charge is 0.481 e. The fourth-order valence-electron chi connectivity index (χ4n) is 1.05. The number of hydrogen-bond acceptors (Lipinski definition) is 3. The van der Waals surface area contributed by atoms with Crippen LogP contribution in [0.1, 0.15) is 6.42 Å². The van der Waals surface area contributed by atoms with E-state index in [0.29, 0.717) is 5.69 Å². The third kappa shape index (κ3) is 4.00. The molecule has 16 heavy (non-hydrogen) atoms. The molecule has 0 aromatic heterocycles. The Bertz CT molecular complexity index is 392. The Kier molecular flexibility index (Phi) is 4.45. The van der Waals surface area contributed by atoms with Crippen molar-refractivity contribution < 1.29 is 14.7 Å². The van der Waals surface area contributed by atoms with Gasteiger partial charge in [0.2, 0.25) is 5.91 Å². The molecule has 1 aromatic carbocycles. The molecule has 6 heteroatoms. The van der Waals surface area contributed by atoms with Crippen molar-refractivity contribution in [2.24, 2.45) is 5.73 Å². The average Bonchev–Trinajstić information content (AvgIpc) is 2.20. The van der Waals surface area contributed by atoms with Crippen molar-refractivity contribution >= 4 is 33.5 Å². The van der Waals surface area contributed by atoms with Crippen LogP contribution in [0.4, 0.5) is 5.69 Å². The van der Waals surface area contributed by atoms with Crippen LogP contribution in [-0.2, 0) is 9.59 Å². The van der Waals surface area contributed by atoms with Crippen molar-refractivity contribution in [2.75, 3.05) is 5.32 Å². The number of carboxylic acids is 1. The Labute approximate surface area is 101 Å². The second-order valence-corrected chi connectivity index (χ2v) is 4.12. The van der Waals surface area contributed by atoms with Crippen molar-refractivity contribution in [3.8, 4) is 0 Å². The van der Waals surface area contributed by atoms with Gasteiger partial charge in [-0.05, 0) is 24.3 Å². The number of rotatable bonds is 4. The highest BCUT2D eigenvalue weighted by Crippen LogP contribution is 2.14. The quantitative estimate of drug-likeness (QED) is 0.775. The molecule has 5 nitrogen and oxygen atoms in total. The summed E-state index contributed by atoms with van der Waals surface area (Å²) in [5.74, 6) is -1.61. The number of carboxylic acid groups (broad SMARTS) is 1. The minimum Gasteiger partial charge on any atom is -0.481 e. The zero-order valence-corrected chi connectivity index (χ0v) is 9.90. The van der Waals surface area contributed by atoms with Gasteiger partial charge >= 0.3 is 5.97 Å². The summed E-state index contributed by atoms with van der Waals surface area (Å²) in [6.45, 7) is 0. The first-order valence-corrected chi connectivity index (χ1v) is 5.32. The minimum atomic E-state index is -1.10. The summed E-state index contributed by atoms with van der Waals surface area (Å²) in [4.78, 5) is 21.8. The van der Waals surface area contributed by atoms with Crippen LogP contribution < -0.4 is 11.1 Å². The zero-order valence-electron chi connectivity index (χ0n) is 8.31. The molecule has 0 saturated heterocycles. The molecule has 86 valence electrons. The second-order valence-electron chi connectivity index (χ2n) is 3.20. The molecule has 0 saturated carbocycles. The molecule has 0 aliphatic carbocycles. The van der Waals surface area contributed by atoms with Gasteiger partial charge in [0.1, 0.15) is 0 Å². The predicted octanol–water partition coefficient (Wildman–Crippen LogP) is 1.19. The highest BCUT2D eigenvalue weighted by Gasteiger charge is 2.16. The predicted molar refractivity (Wildman–Crippen MR) is 63.0 cm³/mol. The fourth-order valence-corrected chi connectivity index (χ4v) is 1.31. The van der Waals surface area contributed by atoms with Gasteiger partial charge in [0.15, 0.2) is 0 Å². The Morgan fingerprint density at radius 2 is 1.94 bits per heavy atom. The number of carbonyl (C=O) groups excluding carboxylic acids is 1. The summed E-state index contributed by atoms with van der Waals surface area (Å²) < 4.78 is 0.889. The van der Waals surface area contributed by atoms with Gasteiger partial charge in [0.05, 0.1) is 12.5 Å². The molecule has 0 fully saturated rings. The number of nitrogens with two attached hydrogens (primary N) is 1. The maximum Gasteiger partial charge on any atom is 0.305 e. The van der Waals surface area contributed by atoms with Crippen LogP contribution in [0, 0.1) is 0 Å². The number of aliphatic carboxylic acids is 1. The molecule has 1 unspecified atom stereocenters. The van der Waals surface area contributed by atoms with E-state index < -0.39 is 17.9 Å². The van der Waals surface area contributed by atoms with Crippen LogP contribution >= 0.6 is 15.9 Å². The van der Waals surface area contributed by atoms with Gasteiger partial charge in [-0.3, -0.25) is 9.59 Å². The van der Waals surface area contributed by atoms with Crippen LogP contribution in [0.5, 0.6) is 0 Å². The molecule has 1 amide bonds. The third-order valence-corrected chi connectivity index (χ3v) is 2.37. The van der Waals surface area contributed by atoms with Crippen LogP contribution in [0.15, 0.2) is 28.7 Å². The number of halogens is 1. The topological polar surface area (TPSA) is 92.4 Å². The smallest absolute Gasteiger partial charge is 0.305 e.